The fraction of sp³-hybridized carbons (Fsp3) is 0.333. The van der Waals surface area contributed by atoms with E-state index in [1.165, 1.54) is 0 Å². The highest BCUT2D eigenvalue weighted by molar-refractivity contribution is 5.92. The third-order valence-electron chi connectivity index (χ3n) is 4.18. The number of aromatic nitrogens is 1. The molecule has 2 atom stereocenters. The summed E-state index contributed by atoms with van der Waals surface area (Å²) in [7, 11) is 0. The molecule has 1 aromatic heterocycles. The van der Waals surface area contributed by atoms with Crippen molar-refractivity contribution in [1.29, 1.82) is 0 Å². The van der Waals surface area contributed by atoms with E-state index in [4.69, 9.17) is 16.6 Å². The van der Waals surface area contributed by atoms with E-state index in [0.29, 0.717) is 0 Å². The molecule has 2 unspecified atom stereocenters. The Labute approximate surface area is 160 Å². The number of aliphatic carboxylic acids is 1. The molecule has 0 aliphatic carbocycles. The van der Waals surface area contributed by atoms with Gasteiger partial charge in [-0.3, -0.25) is 19.2 Å². The first-order chi connectivity index (χ1) is 13.3. The van der Waals surface area contributed by atoms with Crippen LogP contribution in [-0.2, 0) is 25.6 Å². The molecule has 0 bridgehead atoms. The molecule has 0 radical (unpaired) electrons. The van der Waals surface area contributed by atoms with Crippen LogP contribution in [0.5, 0.6) is 0 Å². The number of amides is 3. The smallest absolute Gasteiger partial charge is 0.322 e. The topological polar surface area (TPSA) is 180 Å². The number of aromatic amines is 1. The molecule has 0 aliphatic rings. The Morgan fingerprint density at radius 2 is 1.86 bits per heavy atom. The Bertz CT molecular complexity index is 878. The molecule has 0 fully saturated rings. The number of rotatable bonds is 10. The lowest BCUT2D eigenvalue weighted by Crippen LogP contribution is -2.52. The molecule has 2 rings (SSSR count). The summed E-state index contributed by atoms with van der Waals surface area (Å²) in [5.41, 5.74) is 12.8. The maximum atomic E-state index is 12.4. The van der Waals surface area contributed by atoms with Gasteiger partial charge in [-0.2, -0.15) is 0 Å². The first-order valence-electron chi connectivity index (χ1n) is 8.66. The first kappa shape index (κ1) is 20.9. The largest absolute Gasteiger partial charge is 0.480 e. The standard InChI is InChI=1S/C18H23N5O5/c19-12(7-10-8-21-13-4-2-1-3-11(10)13)17(27)23-14(5-6-15(20)24)18(28)22-9-16(25)26/h1-4,8,12,14,21H,5-7,9,19H2,(H2,20,24)(H,22,28)(H,23,27)(H,25,26). The van der Waals surface area contributed by atoms with E-state index in [-0.39, 0.29) is 19.3 Å². The van der Waals surface area contributed by atoms with Gasteiger partial charge < -0.3 is 32.2 Å². The normalized spacial score (nSPS) is 12.9. The fourth-order valence-electron chi connectivity index (χ4n) is 2.75. The number of nitrogens with one attached hydrogen (secondary N) is 3. The molecule has 0 saturated carbocycles. The Hall–Kier alpha value is -3.40. The minimum atomic E-state index is -1.23. The first-order valence-corrected chi connectivity index (χ1v) is 8.66. The molecule has 0 aliphatic heterocycles. The van der Waals surface area contributed by atoms with E-state index in [9.17, 15) is 19.2 Å². The second-order valence-electron chi connectivity index (χ2n) is 6.35. The molecular formula is C18H23N5O5. The second-order valence-corrected chi connectivity index (χ2v) is 6.35. The Morgan fingerprint density at radius 1 is 1.14 bits per heavy atom. The van der Waals surface area contributed by atoms with Gasteiger partial charge >= 0.3 is 5.97 Å². The number of hydrogen-bond acceptors (Lipinski definition) is 5. The maximum absolute atomic E-state index is 12.4. The second kappa shape index (κ2) is 9.51. The lowest BCUT2D eigenvalue weighted by molar-refractivity contribution is -0.138. The molecule has 1 aromatic carbocycles. The van der Waals surface area contributed by atoms with Gasteiger partial charge in [0.05, 0.1) is 6.04 Å². The van der Waals surface area contributed by atoms with Gasteiger partial charge in [-0.1, -0.05) is 18.2 Å². The van der Waals surface area contributed by atoms with E-state index < -0.39 is 42.3 Å². The Balaban J connectivity index is 2.02. The Kier molecular flexibility index (Phi) is 7.10. The third kappa shape index (κ3) is 5.81. The molecule has 0 spiro atoms. The monoisotopic (exact) mass is 389 g/mol. The van der Waals surface area contributed by atoms with Crippen molar-refractivity contribution in [3.8, 4) is 0 Å². The van der Waals surface area contributed by atoms with E-state index in [1.807, 2.05) is 24.3 Å². The number of nitrogens with two attached hydrogens (primary N) is 2. The summed E-state index contributed by atoms with van der Waals surface area (Å²) in [5, 5.41) is 14.2. The van der Waals surface area contributed by atoms with Gasteiger partial charge in [-0.05, 0) is 24.5 Å². The minimum Gasteiger partial charge on any atom is -0.480 e. The molecule has 1 heterocycles. The van der Waals surface area contributed by atoms with Crippen LogP contribution in [0.15, 0.2) is 30.5 Å². The van der Waals surface area contributed by atoms with Crippen LogP contribution in [0.25, 0.3) is 10.9 Å². The van der Waals surface area contributed by atoms with Crippen LogP contribution in [0.1, 0.15) is 18.4 Å². The minimum absolute atomic E-state index is 0.0632. The zero-order valence-corrected chi connectivity index (χ0v) is 15.1. The zero-order valence-electron chi connectivity index (χ0n) is 15.1. The number of carbonyl (C=O) groups excluding carboxylic acids is 3. The number of carboxylic acids is 1. The third-order valence-corrected chi connectivity index (χ3v) is 4.18. The number of carboxylic acid groups (broad SMARTS) is 1. The predicted octanol–water partition coefficient (Wildman–Crippen LogP) is -1.01. The van der Waals surface area contributed by atoms with Crippen molar-refractivity contribution in [1.82, 2.24) is 15.6 Å². The van der Waals surface area contributed by atoms with Gasteiger partial charge in [0.25, 0.3) is 0 Å². The SMILES string of the molecule is NC(=O)CCC(NC(=O)C(N)Cc1c[nH]c2ccccc12)C(=O)NCC(=O)O. The van der Waals surface area contributed by atoms with Gasteiger partial charge in [0, 0.05) is 23.5 Å². The van der Waals surface area contributed by atoms with Gasteiger partial charge in [0.2, 0.25) is 17.7 Å². The van der Waals surface area contributed by atoms with E-state index in [1.54, 1.807) is 6.20 Å². The quantitative estimate of drug-likeness (QED) is 0.303. The average Bonchev–Trinajstić information content (AvgIpc) is 3.05. The molecule has 10 heteroatoms. The predicted molar refractivity (Wildman–Crippen MR) is 101 cm³/mol. The van der Waals surface area contributed by atoms with Crippen LogP contribution in [0, 0.1) is 0 Å². The maximum Gasteiger partial charge on any atom is 0.322 e. The highest BCUT2D eigenvalue weighted by Gasteiger charge is 2.25. The number of H-pyrrole nitrogens is 1. The van der Waals surface area contributed by atoms with Crippen LogP contribution in [0.4, 0.5) is 0 Å². The van der Waals surface area contributed by atoms with Crippen molar-refractivity contribution in [2.45, 2.75) is 31.3 Å². The average molecular weight is 389 g/mol. The lowest BCUT2D eigenvalue weighted by Gasteiger charge is -2.20. The summed E-state index contributed by atoms with van der Waals surface area (Å²) in [4.78, 5) is 49.3. The van der Waals surface area contributed by atoms with E-state index in [0.717, 1.165) is 16.5 Å². The lowest BCUT2D eigenvalue weighted by atomic mass is 10.0. The highest BCUT2D eigenvalue weighted by Crippen LogP contribution is 2.18. The summed E-state index contributed by atoms with van der Waals surface area (Å²) in [6.45, 7) is -0.608. The van der Waals surface area contributed by atoms with Crippen LogP contribution >= 0.6 is 0 Å². The van der Waals surface area contributed by atoms with Crippen molar-refractivity contribution in [3.05, 3.63) is 36.0 Å². The van der Waals surface area contributed by atoms with Crippen LogP contribution in [0.3, 0.4) is 0 Å². The summed E-state index contributed by atoms with van der Waals surface area (Å²) >= 11 is 0. The molecule has 150 valence electrons. The molecular weight excluding hydrogens is 366 g/mol. The van der Waals surface area contributed by atoms with Crippen LogP contribution in [-0.4, -0.2) is 52.4 Å². The summed E-state index contributed by atoms with van der Waals surface area (Å²) in [6, 6.07) is 5.50. The fourth-order valence-corrected chi connectivity index (χ4v) is 2.75. The van der Waals surface area contributed by atoms with Gasteiger partial charge in [0.1, 0.15) is 12.6 Å². The van der Waals surface area contributed by atoms with Gasteiger partial charge in [-0.25, -0.2) is 0 Å². The van der Waals surface area contributed by atoms with E-state index in [2.05, 4.69) is 15.6 Å². The molecule has 10 nitrogen and oxygen atoms in total. The summed E-state index contributed by atoms with van der Waals surface area (Å²) in [5.74, 6) is -3.20. The number of hydrogen-bond donors (Lipinski definition) is 6. The van der Waals surface area contributed by atoms with E-state index >= 15 is 0 Å². The number of para-hydroxylation sites is 1. The van der Waals surface area contributed by atoms with Crippen molar-refractivity contribution >= 4 is 34.6 Å². The molecule has 3 amide bonds. The van der Waals surface area contributed by atoms with Crippen LogP contribution < -0.4 is 22.1 Å². The van der Waals surface area contributed by atoms with Crippen molar-refractivity contribution in [2.75, 3.05) is 6.54 Å². The van der Waals surface area contributed by atoms with Crippen molar-refractivity contribution < 1.29 is 24.3 Å². The molecule has 8 N–H and O–H groups in total. The Morgan fingerprint density at radius 3 is 2.54 bits per heavy atom. The number of benzene rings is 1. The molecule has 2 aromatic rings. The highest BCUT2D eigenvalue weighted by atomic mass is 16.4. The number of fused-ring (bicyclic) bond motifs is 1. The number of carbonyl (C=O) groups is 4. The summed E-state index contributed by atoms with van der Waals surface area (Å²) in [6.07, 6.45) is 1.78. The zero-order chi connectivity index (χ0) is 20.7. The number of primary amides is 1. The summed E-state index contributed by atoms with van der Waals surface area (Å²) < 4.78 is 0. The van der Waals surface area contributed by atoms with Gasteiger partial charge in [-0.15, -0.1) is 0 Å². The molecule has 0 saturated heterocycles. The van der Waals surface area contributed by atoms with Crippen molar-refractivity contribution in [3.63, 3.8) is 0 Å². The van der Waals surface area contributed by atoms with Gasteiger partial charge in [0.15, 0.2) is 0 Å². The van der Waals surface area contributed by atoms with Crippen molar-refractivity contribution in [2.24, 2.45) is 11.5 Å². The van der Waals surface area contributed by atoms with Crippen LogP contribution in [0.2, 0.25) is 0 Å². The molecule has 28 heavy (non-hydrogen) atoms.